The normalized spacial score (nSPS) is 10.6. The summed E-state index contributed by atoms with van der Waals surface area (Å²) in [7, 11) is 0. The smallest absolute Gasteiger partial charge is 0.322 e. The third-order valence-electron chi connectivity index (χ3n) is 5.31. The van der Waals surface area contributed by atoms with Gasteiger partial charge in [0.25, 0.3) is 5.91 Å². The SMILES string of the molecule is Cc1sc(N(Cc2ccccc2)Cc2ccc(C(=O)NCC(=O)O)cc2)nc1-c1ccccc1. The van der Waals surface area contributed by atoms with E-state index in [1.165, 1.54) is 5.56 Å². The standard InChI is InChI=1S/C27H25N3O3S/c1-19-25(22-10-6-3-7-11-22)29-27(34-19)30(17-20-8-4-2-5-9-20)18-21-12-14-23(15-13-21)26(33)28-16-24(31)32/h2-15H,16-18H2,1H3,(H,28,33)(H,31,32). The third kappa shape index (κ3) is 5.88. The van der Waals surface area contributed by atoms with Crippen molar-refractivity contribution >= 4 is 28.3 Å². The van der Waals surface area contributed by atoms with Gasteiger partial charge in [0.1, 0.15) is 6.54 Å². The van der Waals surface area contributed by atoms with Crippen LogP contribution in [0, 0.1) is 6.92 Å². The second-order valence-electron chi connectivity index (χ2n) is 7.88. The van der Waals surface area contributed by atoms with Crippen LogP contribution in [-0.2, 0) is 17.9 Å². The molecule has 2 N–H and O–H groups in total. The van der Waals surface area contributed by atoms with E-state index >= 15 is 0 Å². The molecule has 6 nitrogen and oxygen atoms in total. The first-order valence-electron chi connectivity index (χ1n) is 10.9. The number of rotatable bonds is 9. The topological polar surface area (TPSA) is 82.5 Å². The van der Waals surface area contributed by atoms with Gasteiger partial charge < -0.3 is 15.3 Å². The first kappa shape index (κ1) is 23.2. The molecule has 4 aromatic rings. The van der Waals surface area contributed by atoms with Crippen molar-refractivity contribution in [3.8, 4) is 11.3 Å². The quantitative estimate of drug-likeness (QED) is 0.353. The van der Waals surface area contributed by atoms with Crippen LogP contribution in [0.3, 0.4) is 0 Å². The van der Waals surface area contributed by atoms with Crippen LogP contribution in [0.1, 0.15) is 26.4 Å². The van der Waals surface area contributed by atoms with E-state index in [-0.39, 0.29) is 0 Å². The summed E-state index contributed by atoms with van der Waals surface area (Å²) in [6, 6.07) is 27.7. The van der Waals surface area contributed by atoms with Gasteiger partial charge in [-0.2, -0.15) is 0 Å². The lowest BCUT2D eigenvalue weighted by atomic mass is 10.1. The second kappa shape index (κ2) is 10.8. The Hall–Kier alpha value is -3.97. The summed E-state index contributed by atoms with van der Waals surface area (Å²) in [5.74, 6) is -1.48. The van der Waals surface area contributed by atoms with Gasteiger partial charge in [0.2, 0.25) is 0 Å². The molecule has 0 radical (unpaired) electrons. The van der Waals surface area contributed by atoms with E-state index in [1.54, 1.807) is 23.5 Å². The lowest BCUT2D eigenvalue weighted by Gasteiger charge is -2.22. The number of benzene rings is 3. The number of carbonyl (C=O) groups is 2. The van der Waals surface area contributed by atoms with Crippen LogP contribution in [0.5, 0.6) is 0 Å². The number of hydrogen-bond acceptors (Lipinski definition) is 5. The first-order chi connectivity index (χ1) is 16.5. The molecule has 0 aliphatic heterocycles. The van der Waals surface area contributed by atoms with E-state index in [9.17, 15) is 9.59 Å². The molecular formula is C27H25N3O3S. The van der Waals surface area contributed by atoms with Gasteiger partial charge in [-0.1, -0.05) is 72.8 Å². The zero-order chi connectivity index (χ0) is 23.9. The van der Waals surface area contributed by atoms with Crippen molar-refractivity contribution in [1.29, 1.82) is 0 Å². The zero-order valence-corrected chi connectivity index (χ0v) is 19.6. The lowest BCUT2D eigenvalue weighted by molar-refractivity contribution is -0.135. The molecule has 4 rings (SSSR count). The number of thiazole rings is 1. The number of anilines is 1. The average Bonchev–Trinajstić information content (AvgIpc) is 3.25. The summed E-state index contributed by atoms with van der Waals surface area (Å²) < 4.78 is 0. The summed E-state index contributed by atoms with van der Waals surface area (Å²) in [6.45, 7) is 3.00. The number of aliphatic carboxylic acids is 1. The molecule has 1 aromatic heterocycles. The Morgan fingerprint density at radius 1 is 0.882 bits per heavy atom. The van der Waals surface area contributed by atoms with Crippen LogP contribution < -0.4 is 10.2 Å². The number of amides is 1. The van der Waals surface area contributed by atoms with Crippen molar-refractivity contribution in [1.82, 2.24) is 10.3 Å². The molecule has 0 atom stereocenters. The highest BCUT2D eigenvalue weighted by Crippen LogP contribution is 2.33. The van der Waals surface area contributed by atoms with Crippen LogP contribution >= 0.6 is 11.3 Å². The second-order valence-corrected chi connectivity index (χ2v) is 9.06. The van der Waals surface area contributed by atoms with Crippen molar-refractivity contribution in [3.05, 3.63) is 106 Å². The number of nitrogens with zero attached hydrogens (tertiary/aromatic N) is 2. The predicted octanol–water partition coefficient (Wildman–Crippen LogP) is 5.14. The molecule has 0 unspecified atom stereocenters. The highest BCUT2D eigenvalue weighted by Gasteiger charge is 2.17. The summed E-state index contributed by atoms with van der Waals surface area (Å²) in [5.41, 5.74) is 4.72. The molecular weight excluding hydrogens is 446 g/mol. The molecule has 1 amide bonds. The van der Waals surface area contributed by atoms with Crippen molar-refractivity contribution in [2.24, 2.45) is 0 Å². The summed E-state index contributed by atoms with van der Waals surface area (Å²) >= 11 is 1.67. The fraction of sp³-hybridized carbons (Fsp3) is 0.148. The maximum absolute atomic E-state index is 12.1. The Balaban J connectivity index is 1.58. The summed E-state index contributed by atoms with van der Waals surface area (Å²) in [6.07, 6.45) is 0. The number of carbonyl (C=O) groups excluding carboxylic acids is 1. The fourth-order valence-electron chi connectivity index (χ4n) is 3.62. The Kier molecular flexibility index (Phi) is 7.34. The molecule has 0 aliphatic carbocycles. The molecule has 34 heavy (non-hydrogen) atoms. The van der Waals surface area contributed by atoms with Gasteiger partial charge in [0.15, 0.2) is 5.13 Å². The summed E-state index contributed by atoms with van der Waals surface area (Å²) in [4.78, 5) is 31.2. The van der Waals surface area contributed by atoms with E-state index in [4.69, 9.17) is 10.1 Å². The molecule has 172 valence electrons. The lowest BCUT2D eigenvalue weighted by Crippen LogP contribution is -2.29. The highest BCUT2D eigenvalue weighted by molar-refractivity contribution is 7.16. The van der Waals surface area contributed by atoms with Gasteiger partial charge >= 0.3 is 5.97 Å². The van der Waals surface area contributed by atoms with E-state index in [2.05, 4.69) is 41.4 Å². The zero-order valence-electron chi connectivity index (χ0n) is 18.8. The number of hydrogen-bond donors (Lipinski definition) is 2. The number of aryl methyl sites for hydroxylation is 1. The van der Waals surface area contributed by atoms with E-state index in [0.29, 0.717) is 18.7 Å². The number of carboxylic acids is 1. The molecule has 0 saturated heterocycles. The van der Waals surface area contributed by atoms with Gasteiger partial charge in [-0.15, -0.1) is 11.3 Å². The molecule has 0 spiro atoms. The maximum atomic E-state index is 12.1. The van der Waals surface area contributed by atoms with Gasteiger partial charge in [0.05, 0.1) is 5.69 Å². The first-order valence-corrected chi connectivity index (χ1v) is 11.7. The summed E-state index contributed by atoms with van der Waals surface area (Å²) in [5, 5.41) is 12.1. The monoisotopic (exact) mass is 471 g/mol. The Labute approximate surface area is 202 Å². The average molecular weight is 472 g/mol. The van der Waals surface area contributed by atoms with Crippen LogP contribution in [0.2, 0.25) is 0 Å². The number of carboxylic acid groups (broad SMARTS) is 1. The van der Waals surface area contributed by atoms with Crippen molar-refractivity contribution in [2.75, 3.05) is 11.4 Å². The van der Waals surface area contributed by atoms with Crippen LogP contribution in [0.4, 0.5) is 5.13 Å². The van der Waals surface area contributed by atoms with Crippen molar-refractivity contribution < 1.29 is 14.7 Å². The van der Waals surface area contributed by atoms with Gasteiger partial charge in [-0.05, 0) is 30.2 Å². The third-order valence-corrected chi connectivity index (χ3v) is 6.34. The molecule has 0 fully saturated rings. The largest absolute Gasteiger partial charge is 0.480 e. The minimum absolute atomic E-state index is 0.404. The number of aromatic nitrogens is 1. The highest BCUT2D eigenvalue weighted by atomic mass is 32.1. The minimum atomic E-state index is -1.07. The van der Waals surface area contributed by atoms with E-state index < -0.39 is 18.4 Å². The fourth-order valence-corrected chi connectivity index (χ4v) is 4.55. The Bertz CT molecular complexity index is 1260. The van der Waals surface area contributed by atoms with E-state index in [1.807, 2.05) is 48.5 Å². The van der Waals surface area contributed by atoms with Crippen LogP contribution in [0.15, 0.2) is 84.9 Å². The molecule has 7 heteroatoms. The van der Waals surface area contributed by atoms with Gasteiger partial charge in [-0.25, -0.2) is 4.98 Å². The molecule has 3 aromatic carbocycles. The molecule has 0 aliphatic rings. The maximum Gasteiger partial charge on any atom is 0.322 e. The van der Waals surface area contributed by atoms with Crippen molar-refractivity contribution in [3.63, 3.8) is 0 Å². The van der Waals surface area contributed by atoms with Gasteiger partial charge in [-0.3, -0.25) is 9.59 Å². The van der Waals surface area contributed by atoms with Gasteiger partial charge in [0, 0.05) is 29.1 Å². The molecule has 0 saturated carbocycles. The van der Waals surface area contributed by atoms with Crippen LogP contribution in [0.25, 0.3) is 11.3 Å². The molecule has 1 heterocycles. The van der Waals surface area contributed by atoms with E-state index in [0.717, 1.165) is 26.8 Å². The Morgan fingerprint density at radius 3 is 2.09 bits per heavy atom. The minimum Gasteiger partial charge on any atom is -0.480 e. The molecule has 0 bridgehead atoms. The van der Waals surface area contributed by atoms with Crippen molar-refractivity contribution in [2.45, 2.75) is 20.0 Å². The van der Waals surface area contributed by atoms with Crippen LogP contribution in [-0.4, -0.2) is 28.5 Å². The Morgan fingerprint density at radius 2 is 1.47 bits per heavy atom. The predicted molar refractivity (Wildman–Crippen MR) is 135 cm³/mol. The number of nitrogens with one attached hydrogen (secondary N) is 1.